The van der Waals surface area contributed by atoms with Crippen LogP contribution in [0.3, 0.4) is 0 Å². The van der Waals surface area contributed by atoms with Gasteiger partial charge in [-0.15, -0.1) is 0 Å². The lowest BCUT2D eigenvalue weighted by molar-refractivity contribution is 0.111. The summed E-state index contributed by atoms with van der Waals surface area (Å²) in [5.41, 5.74) is 1.22. The van der Waals surface area contributed by atoms with Crippen molar-refractivity contribution in [1.29, 1.82) is 0 Å². The van der Waals surface area contributed by atoms with E-state index in [0.29, 0.717) is 17.3 Å². The average Bonchev–Trinajstić information content (AvgIpc) is 2.17. The van der Waals surface area contributed by atoms with E-state index < -0.39 is 0 Å². The molecule has 0 aromatic carbocycles. The van der Waals surface area contributed by atoms with Crippen LogP contribution in [-0.4, -0.2) is 21.4 Å². The number of carbonyl (C=O) groups excluding carboxylic acids is 1. The number of hydrogen-bond donors (Lipinski definition) is 1. The molecule has 2 aromatic heterocycles. The zero-order chi connectivity index (χ0) is 9.26. The summed E-state index contributed by atoms with van der Waals surface area (Å²) in [5, 5.41) is 9.27. The van der Waals surface area contributed by atoms with Crippen LogP contribution in [0.4, 0.5) is 0 Å². The molecular weight excluding hydrogens is 168 g/mol. The van der Waals surface area contributed by atoms with Crippen molar-refractivity contribution < 1.29 is 9.90 Å². The topological polar surface area (TPSA) is 63.1 Å². The van der Waals surface area contributed by atoms with E-state index in [1.54, 1.807) is 18.3 Å². The molecule has 13 heavy (non-hydrogen) atoms. The van der Waals surface area contributed by atoms with E-state index in [2.05, 4.69) is 9.97 Å². The lowest BCUT2D eigenvalue weighted by atomic mass is 10.2. The third-order valence-electron chi connectivity index (χ3n) is 1.70. The zero-order valence-corrected chi connectivity index (χ0v) is 6.64. The van der Waals surface area contributed by atoms with Crippen molar-refractivity contribution >= 4 is 17.3 Å². The molecule has 4 heteroatoms. The molecule has 0 aliphatic carbocycles. The monoisotopic (exact) mass is 174 g/mol. The van der Waals surface area contributed by atoms with Crippen molar-refractivity contribution in [3.8, 4) is 5.75 Å². The first-order valence-electron chi connectivity index (χ1n) is 3.71. The van der Waals surface area contributed by atoms with Crippen molar-refractivity contribution in [1.82, 2.24) is 9.97 Å². The van der Waals surface area contributed by atoms with Crippen LogP contribution in [0.1, 0.15) is 10.5 Å². The number of hydrogen-bond acceptors (Lipinski definition) is 4. The molecule has 64 valence electrons. The van der Waals surface area contributed by atoms with E-state index in [9.17, 15) is 9.90 Å². The second kappa shape index (κ2) is 2.82. The molecule has 0 aliphatic rings. The van der Waals surface area contributed by atoms with Crippen LogP contribution < -0.4 is 0 Å². The Balaban J connectivity index is 2.81. The zero-order valence-electron chi connectivity index (χ0n) is 6.64. The van der Waals surface area contributed by atoms with E-state index in [1.807, 2.05) is 0 Å². The van der Waals surface area contributed by atoms with Crippen molar-refractivity contribution in [2.45, 2.75) is 0 Å². The van der Waals surface area contributed by atoms with Gasteiger partial charge in [0.1, 0.15) is 11.4 Å². The maximum absolute atomic E-state index is 10.4. The van der Waals surface area contributed by atoms with Gasteiger partial charge in [-0.05, 0) is 12.1 Å². The molecule has 0 amide bonds. The fourth-order valence-corrected chi connectivity index (χ4v) is 1.09. The number of pyridine rings is 2. The average molecular weight is 174 g/mol. The summed E-state index contributed by atoms with van der Waals surface area (Å²) in [6, 6.07) is 4.88. The Bertz CT molecular complexity index is 468. The summed E-state index contributed by atoms with van der Waals surface area (Å²) in [5.74, 6) is -0.138. The number of nitrogens with zero attached hydrogens (tertiary/aromatic N) is 2. The first-order chi connectivity index (χ1) is 6.31. The van der Waals surface area contributed by atoms with Crippen molar-refractivity contribution in [3.05, 3.63) is 30.1 Å². The Morgan fingerprint density at radius 3 is 3.00 bits per heavy atom. The van der Waals surface area contributed by atoms with Crippen LogP contribution in [0, 0.1) is 0 Å². The maximum Gasteiger partial charge on any atom is 0.172 e. The number of fused-ring (bicyclic) bond motifs is 1. The standard InChI is InChI=1S/C9H6N2O2/c12-5-8-9(13)4-7-6(11-8)2-1-3-10-7/h1-5,13H. The molecule has 0 saturated heterocycles. The molecule has 0 unspecified atom stereocenters. The molecule has 0 atom stereocenters. The molecule has 2 aromatic rings. The second-order valence-electron chi connectivity index (χ2n) is 2.55. The molecule has 0 fully saturated rings. The first kappa shape index (κ1) is 7.67. The van der Waals surface area contributed by atoms with Crippen LogP contribution >= 0.6 is 0 Å². The highest BCUT2D eigenvalue weighted by molar-refractivity contribution is 5.84. The highest BCUT2D eigenvalue weighted by atomic mass is 16.3. The van der Waals surface area contributed by atoms with Crippen molar-refractivity contribution in [3.63, 3.8) is 0 Å². The third-order valence-corrected chi connectivity index (χ3v) is 1.70. The van der Waals surface area contributed by atoms with Gasteiger partial charge in [-0.1, -0.05) is 0 Å². The van der Waals surface area contributed by atoms with Gasteiger partial charge in [0, 0.05) is 12.3 Å². The fourth-order valence-electron chi connectivity index (χ4n) is 1.09. The van der Waals surface area contributed by atoms with Gasteiger partial charge in [-0.2, -0.15) is 0 Å². The molecular formula is C9H6N2O2. The van der Waals surface area contributed by atoms with E-state index in [4.69, 9.17) is 0 Å². The molecule has 0 bridgehead atoms. The minimum atomic E-state index is -0.138. The molecule has 4 nitrogen and oxygen atoms in total. The van der Waals surface area contributed by atoms with Gasteiger partial charge in [0.15, 0.2) is 6.29 Å². The number of rotatable bonds is 1. The fraction of sp³-hybridized carbons (Fsp3) is 0. The van der Waals surface area contributed by atoms with Gasteiger partial charge in [-0.3, -0.25) is 9.78 Å². The highest BCUT2D eigenvalue weighted by Crippen LogP contribution is 2.18. The predicted octanol–water partition coefficient (Wildman–Crippen LogP) is 1.15. The lowest BCUT2D eigenvalue weighted by Crippen LogP contribution is -1.89. The van der Waals surface area contributed by atoms with E-state index in [-0.39, 0.29) is 11.4 Å². The van der Waals surface area contributed by atoms with Crippen LogP contribution in [-0.2, 0) is 0 Å². The normalized spacial score (nSPS) is 10.2. The van der Waals surface area contributed by atoms with Crippen molar-refractivity contribution in [2.75, 3.05) is 0 Å². The van der Waals surface area contributed by atoms with Crippen molar-refractivity contribution in [2.24, 2.45) is 0 Å². The van der Waals surface area contributed by atoms with Crippen LogP contribution in [0.25, 0.3) is 11.0 Å². The predicted molar refractivity (Wildman–Crippen MR) is 46.6 cm³/mol. The molecule has 0 radical (unpaired) electrons. The number of aldehydes is 1. The van der Waals surface area contributed by atoms with Gasteiger partial charge in [0.25, 0.3) is 0 Å². The summed E-state index contributed by atoms with van der Waals surface area (Å²) in [4.78, 5) is 18.3. The van der Waals surface area contributed by atoms with Crippen LogP contribution in [0.15, 0.2) is 24.4 Å². The van der Waals surface area contributed by atoms with Gasteiger partial charge in [0.2, 0.25) is 0 Å². The Labute approximate surface area is 73.9 Å². The molecule has 0 saturated carbocycles. The first-order valence-corrected chi connectivity index (χ1v) is 3.71. The van der Waals surface area contributed by atoms with Gasteiger partial charge >= 0.3 is 0 Å². The summed E-state index contributed by atoms with van der Waals surface area (Å²) in [6.07, 6.45) is 2.12. The Morgan fingerprint density at radius 1 is 1.38 bits per heavy atom. The molecule has 0 aliphatic heterocycles. The van der Waals surface area contributed by atoms with Crippen LogP contribution in [0.5, 0.6) is 5.75 Å². The maximum atomic E-state index is 10.4. The number of aromatic nitrogens is 2. The van der Waals surface area contributed by atoms with Gasteiger partial charge in [-0.25, -0.2) is 4.98 Å². The SMILES string of the molecule is O=Cc1nc2cccnc2cc1O. The van der Waals surface area contributed by atoms with Gasteiger partial charge in [0.05, 0.1) is 11.0 Å². The summed E-state index contributed by atoms with van der Waals surface area (Å²) in [7, 11) is 0. The summed E-state index contributed by atoms with van der Waals surface area (Å²) in [6.45, 7) is 0. The summed E-state index contributed by atoms with van der Waals surface area (Å²) >= 11 is 0. The smallest absolute Gasteiger partial charge is 0.172 e. The number of carbonyl (C=O) groups is 1. The molecule has 2 heterocycles. The third kappa shape index (κ3) is 1.22. The second-order valence-corrected chi connectivity index (χ2v) is 2.55. The molecule has 1 N–H and O–H groups in total. The Hall–Kier alpha value is -1.97. The van der Waals surface area contributed by atoms with E-state index in [1.165, 1.54) is 6.07 Å². The molecule has 2 rings (SSSR count). The van der Waals surface area contributed by atoms with Gasteiger partial charge < -0.3 is 5.11 Å². The number of aromatic hydroxyl groups is 1. The highest BCUT2D eigenvalue weighted by Gasteiger charge is 2.03. The Morgan fingerprint density at radius 2 is 2.23 bits per heavy atom. The largest absolute Gasteiger partial charge is 0.505 e. The lowest BCUT2D eigenvalue weighted by Gasteiger charge is -1.98. The summed E-state index contributed by atoms with van der Waals surface area (Å²) < 4.78 is 0. The van der Waals surface area contributed by atoms with E-state index in [0.717, 1.165) is 0 Å². The minimum absolute atomic E-state index is 0.0421. The Kier molecular flexibility index (Phi) is 1.66. The van der Waals surface area contributed by atoms with E-state index >= 15 is 0 Å². The molecule has 0 spiro atoms. The quantitative estimate of drug-likeness (QED) is 0.658. The van der Waals surface area contributed by atoms with Crippen LogP contribution in [0.2, 0.25) is 0 Å². The minimum Gasteiger partial charge on any atom is -0.505 e.